The highest BCUT2D eigenvalue weighted by Gasteiger charge is 2.28. The van der Waals surface area contributed by atoms with Crippen molar-refractivity contribution in [2.75, 3.05) is 5.32 Å². The van der Waals surface area contributed by atoms with E-state index in [-0.39, 0.29) is 17.0 Å². The fraction of sp³-hybridized carbons (Fsp3) is 0.148. The summed E-state index contributed by atoms with van der Waals surface area (Å²) in [6.07, 6.45) is 0.870. The molecule has 7 nitrogen and oxygen atoms in total. The number of fused-ring (bicyclic) bond motifs is 1. The molecule has 2 atom stereocenters. The van der Waals surface area contributed by atoms with Gasteiger partial charge >= 0.3 is 5.97 Å². The predicted octanol–water partition coefficient (Wildman–Crippen LogP) is 4.73. The number of H-pyrrole nitrogens is 1. The summed E-state index contributed by atoms with van der Waals surface area (Å²) in [6, 6.07) is 22.0. The van der Waals surface area contributed by atoms with Crippen LogP contribution in [0.1, 0.15) is 22.8 Å². The van der Waals surface area contributed by atoms with Crippen molar-refractivity contribution in [2.45, 2.75) is 25.5 Å². The summed E-state index contributed by atoms with van der Waals surface area (Å²) < 4.78 is 5.47. The van der Waals surface area contributed by atoms with Gasteiger partial charge in [0.25, 0.3) is 11.8 Å². The van der Waals surface area contributed by atoms with E-state index in [2.05, 4.69) is 15.6 Å². The molecule has 0 bridgehead atoms. The largest absolute Gasteiger partial charge is 0.451 e. The van der Waals surface area contributed by atoms with Crippen LogP contribution in [0.2, 0.25) is 5.02 Å². The molecule has 1 heterocycles. The molecule has 0 fully saturated rings. The number of rotatable bonds is 8. The highest BCUT2D eigenvalue weighted by molar-refractivity contribution is 6.33. The SMILES string of the molecule is CC(OC(=O)C(Cc1c[nH]c2ccccc12)NC(=O)c1ccccc1Cl)C(=O)Nc1ccccc1. The number of ether oxygens (including phenoxy) is 1. The van der Waals surface area contributed by atoms with E-state index < -0.39 is 29.9 Å². The Bertz CT molecular complexity index is 1350. The van der Waals surface area contributed by atoms with Crippen LogP contribution in [0.15, 0.2) is 85.1 Å². The second-order valence-electron chi connectivity index (χ2n) is 8.00. The molecule has 0 aliphatic heterocycles. The first kappa shape index (κ1) is 24.0. The van der Waals surface area contributed by atoms with Gasteiger partial charge in [0.1, 0.15) is 6.04 Å². The zero-order valence-electron chi connectivity index (χ0n) is 19.0. The third-order valence-corrected chi connectivity index (χ3v) is 5.84. The molecule has 0 spiro atoms. The number of esters is 1. The van der Waals surface area contributed by atoms with Crippen molar-refractivity contribution in [3.05, 3.63) is 101 Å². The molecular weight excluding hydrogens is 466 g/mol. The number of carbonyl (C=O) groups excluding carboxylic acids is 3. The second-order valence-corrected chi connectivity index (χ2v) is 8.41. The highest BCUT2D eigenvalue weighted by atomic mass is 35.5. The average molecular weight is 490 g/mol. The van der Waals surface area contributed by atoms with Gasteiger partial charge in [-0.15, -0.1) is 0 Å². The van der Waals surface area contributed by atoms with Crippen molar-refractivity contribution in [3.63, 3.8) is 0 Å². The Labute approximate surface area is 207 Å². The van der Waals surface area contributed by atoms with Crippen LogP contribution >= 0.6 is 11.6 Å². The number of nitrogens with one attached hydrogen (secondary N) is 3. The molecule has 3 N–H and O–H groups in total. The van der Waals surface area contributed by atoms with Crippen molar-refractivity contribution in [1.82, 2.24) is 10.3 Å². The number of carbonyl (C=O) groups is 3. The van der Waals surface area contributed by atoms with Gasteiger partial charge in [-0.05, 0) is 42.8 Å². The molecule has 8 heteroatoms. The van der Waals surface area contributed by atoms with Gasteiger partial charge in [-0.2, -0.15) is 0 Å². The number of aromatic amines is 1. The summed E-state index contributed by atoms with van der Waals surface area (Å²) in [4.78, 5) is 41.8. The van der Waals surface area contributed by atoms with Crippen LogP contribution in [0.5, 0.6) is 0 Å². The molecule has 4 aromatic rings. The Kier molecular flexibility index (Phi) is 7.48. The van der Waals surface area contributed by atoms with Gasteiger partial charge in [0.05, 0.1) is 10.6 Å². The third-order valence-electron chi connectivity index (χ3n) is 5.51. The van der Waals surface area contributed by atoms with E-state index in [1.807, 2.05) is 30.3 Å². The van der Waals surface area contributed by atoms with Gasteiger partial charge in [0.15, 0.2) is 6.10 Å². The molecule has 2 unspecified atom stereocenters. The summed E-state index contributed by atoms with van der Waals surface area (Å²) in [7, 11) is 0. The molecule has 4 rings (SSSR count). The molecule has 1 aromatic heterocycles. The molecular formula is C27H24ClN3O4. The normalized spacial score (nSPS) is 12.5. The van der Waals surface area contributed by atoms with Crippen LogP contribution in [0, 0.1) is 0 Å². The summed E-state index contributed by atoms with van der Waals surface area (Å²) >= 11 is 6.17. The van der Waals surface area contributed by atoms with E-state index in [0.29, 0.717) is 5.69 Å². The maximum atomic E-state index is 13.2. The Morgan fingerprint density at radius 2 is 1.63 bits per heavy atom. The van der Waals surface area contributed by atoms with Crippen LogP contribution in [0.3, 0.4) is 0 Å². The Balaban J connectivity index is 1.53. The van der Waals surface area contributed by atoms with E-state index in [1.54, 1.807) is 54.7 Å². The van der Waals surface area contributed by atoms with Crippen LogP contribution in [-0.4, -0.2) is 34.9 Å². The zero-order chi connectivity index (χ0) is 24.8. The number of hydrogen-bond acceptors (Lipinski definition) is 4. The van der Waals surface area contributed by atoms with Crippen LogP contribution < -0.4 is 10.6 Å². The molecule has 178 valence electrons. The van der Waals surface area contributed by atoms with Crippen LogP contribution in [0.4, 0.5) is 5.69 Å². The fourth-order valence-corrected chi connectivity index (χ4v) is 3.89. The molecule has 0 radical (unpaired) electrons. The molecule has 0 aliphatic rings. The lowest BCUT2D eigenvalue weighted by Gasteiger charge is -2.20. The molecule has 35 heavy (non-hydrogen) atoms. The minimum Gasteiger partial charge on any atom is -0.451 e. The lowest BCUT2D eigenvalue weighted by molar-refractivity contribution is -0.155. The zero-order valence-corrected chi connectivity index (χ0v) is 19.7. The number of benzene rings is 3. The van der Waals surface area contributed by atoms with E-state index in [9.17, 15) is 14.4 Å². The lowest BCUT2D eigenvalue weighted by Crippen LogP contribution is -2.45. The van der Waals surface area contributed by atoms with Crippen molar-refractivity contribution in [3.8, 4) is 0 Å². The van der Waals surface area contributed by atoms with Crippen LogP contribution in [-0.2, 0) is 20.7 Å². The standard InChI is InChI=1S/C27H24ClN3O4/c1-17(25(32)30-19-9-3-2-4-10-19)35-27(34)24(31-26(33)21-12-5-7-13-22(21)28)15-18-16-29-23-14-8-6-11-20(18)23/h2-14,16-17,24,29H,15H2,1H3,(H,30,32)(H,31,33). The van der Waals surface area contributed by atoms with Crippen molar-refractivity contribution in [2.24, 2.45) is 0 Å². The summed E-state index contributed by atoms with van der Waals surface area (Å²) in [5, 5.41) is 6.62. The Morgan fingerprint density at radius 1 is 0.943 bits per heavy atom. The fourth-order valence-electron chi connectivity index (χ4n) is 3.67. The summed E-state index contributed by atoms with van der Waals surface area (Å²) in [6.45, 7) is 1.48. The summed E-state index contributed by atoms with van der Waals surface area (Å²) in [5.41, 5.74) is 2.55. The van der Waals surface area contributed by atoms with Gasteiger partial charge in [0, 0.05) is 29.2 Å². The topological polar surface area (TPSA) is 100 Å². The van der Waals surface area contributed by atoms with Gasteiger partial charge in [-0.3, -0.25) is 9.59 Å². The second kappa shape index (κ2) is 10.9. The first-order valence-corrected chi connectivity index (χ1v) is 11.5. The Morgan fingerprint density at radius 3 is 2.40 bits per heavy atom. The molecule has 3 aromatic carbocycles. The third kappa shape index (κ3) is 5.88. The van der Waals surface area contributed by atoms with E-state index in [4.69, 9.17) is 16.3 Å². The Hall–Kier alpha value is -4.10. The quantitative estimate of drug-likeness (QED) is 0.311. The number of halogens is 1. The highest BCUT2D eigenvalue weighted by Crippen LogP contribution is 2.21. The number of amides is 2. The van der Waals surface area contributed by atoms with Crippen molar-refractivity contribution >= 4 is 46.0 Å². The van der Waals surface area contributed by atoms with Crippen molar-refractivity contribution < 1.29 is 19.1 Å². The van der Waals surface area contributed by atoms with Crippen LogP contribution in [0.25, 0.3) is 10.9 Å². The number of hydrogen-bond donors (Lipinski definition) is 3. The first-order valence-electron chi connectivity index (χ1n) is 11.1. The van der Waals surface area contributed by atoms with E-state index >= 15 is 0 Å². The lowest BCUT2D eigenvalue weighted by atomic mass is 10.0. The maximum Gasteiger partial charge on any atom is 0.329 e. The molecule has 0 aliphatic carbocycles. The summed E-state index contributed by atoms with van der Waals surface area (Å²) in [5.74, 6) is -1.72. The minimum absolute atomic E-state index is 0.159. The predicted molar refractivity (Wildman–Crippen MR) is 135 cm³/mol. The van der Waals surface area contributed by atoms with Gasteiger partial charge < -0.3 is 20.4 Å². The van der Waals surface area contributed by atoms with Gasteiger partial charge in [-0.25, -0.2) is 4.79 Å². The molecule has 2 amide bonds. The molecule has 0 saturated carbocycles. The van der Waals surface area contributed by atoms with E-state index in [0.717, 1.165) is 16.5 Å². The first-order chi connectivity index (χ1) is 16.9. The average Bonchev–Trinajstić information content (AvgIpc) is 3.27. The smallest absolute Gasteiger partial charge is 0.329 e. The van der Waals surface area contributed by atoms with Gasteiger partial charge in [-0.1, -0.05) is 60.1 Å². The van der Waals surface area contributed by atoms with Crippen molar-refractivity contribution in [1.29, 1.82) is 0 Å². The monoisotopic (exact) mass is 489 g/mol. The minimum atomic E-state index is -1.08. The van der Waals surface area contributed by atoms with E-state index in [1.165, 1.54) is 6.92 Å². The number of anilines is 1. The maximum absolute atomic E-state index is 13.2. The number of para-hydroxylation sites is 2. The molecule has 0 saturated heterocycles. The number of aromatic nitrogens is 1. The van der Waals surface area contributed by atoms with Gasteiger partial charge in [0.2, 0.25) is 0 Å².